The molecule has 1 unspecified atom stereocenters. The lowest BCUT2D eigenvalue weighted by Gasteiger charge is -2.33. The number of hydrogen-bond donors (Lipinski definition) is 2. The minimum absolute atomic E-state index is 0.0160. The lowest BCUT2D eigenvalue weighted by atomic mass is 9.97. The molecular weight excluding hydrogens is 327 g/mol. The van der Waals surface area contributed by atoms with Gasteiger partial charge in [-0.1, -0.05) is 0 Å². The zero-order valence-corrected chi connectivity index (χ0v) is 12.7. The summed E-state index contributed by atoms with van der Waals surface area (Å²) in [4.78, 5) is 17.9. The van der Waals surface area contributed by atoms with Gasteiger partial charge in [0.05, 0.1) is 5.92 Å². The van der Waals surface area contributed by atoms with Crippen LogP contribution < -0.4 is 16.0 Å². The minimum atomic E-state index is -0.373. The van der Waals surface area contributed by atoms with E-state index in [1.54, 1.807) is 6.20 Å². The lowest BCUT2D eigenvalue weighted by Crippen LogP contribution is -2.44. The summed E-state index contributed by atoms with van der Waals surface area (Å²) in [7, 11) is 0. The average molecular weight is 345 g/mol. The van der Waals surface area contributed by atoms with E-state index in [9.17, 15) is 9.18 Å². The highest BCUT2D eigenvalue weighted by Gasteiger charge is 2.27. The van der Waals surface area contributed by atoms with Gasteiger partial charge >= 0.3 is 0 Å². The van der Waals surface area contributed by atoms with Gasteiger partial charge in [-0.05, 0) is 34.8 Å². The number of carbonyl (C=O) groups is 1. The highest BCUT2D eigenvalue weighted by atomic mass is 79.9. The van der Waals surface area contributed by atoms with Crippen LogP contribution in [0.2, 0.25) is 0 Å². The highest BCUT2D eigenvalue weighted by Crippen LogP contribution is 2.25. The number of piperidine rings is 1. The molecule has 1 aliphatic rings. The van der Waals surface area contributed by atoms with Gasteiger partial charge in [0.15, 0.2) is 11.6 Å². The second-order valence-corrected chi connectivity index (χ2v) is 5.74. The van der Waals surface area contributed by atoms with E-state index in [-0.39, 0.29) is 17.6 Å². The molecule has 20 heavy (non-hydrogen) atoms. The Hall–Kier alpha value is -1.21. The molecule has 1 amide bonds. The molecule has 2 heterocycles. The molecule has 1 saturated heterocycles. The van der Waals surface area contributed by atoms with Gasteiger partial charge in [-0.15, -0.1) is 0 Å². The molecule has 0 aliphatic carbocycles. The second-order valence-electron chi connectivity index (χ2n) is 4.82. The predicted octanol–water partition coefficient (Wildman–Crippen LogP) is 1.27. The summed E-state index contributed by atoms with van der Waals surface area (Å²) < 4.78 is 14.5. The molecule has 0 saturated carbocycles. The number of nitrogens with two attached hydrogens (primary N) is 1. The normalized spacial score (nSPS) is 18.9. The zero-order valence-electron chi connectivity index (χ0n) is 11.1. The largest absolute Gasteiger partial charge is 0.355 e. The van der Waals surface area contributed by atoms with Crippen molar-refractivity contribution in [2.45, 2.75) is 12.8 Å². The Kier molecular flexibility index (Phi) is 5.31. The van der Waals surface area contributed by atoms with E-state index in [1.165, 1.54) is 6.07 Å². The summed E-state index contributed by atoms with van der Waals surface area (Å²) in [5.74, 6) is -0.218. The Balaban J connectivity index is 2.04. The predicted molar refractivity (Wildman–Crippen MR) is 78.9 cm³/mol. The van der Waals surface area contributed by atoms with Gasteiger partial charge in [0.25, 0.3) is 0 Å². The average Bonchev–Trinajstić information content (AvgIpc) is 2.45. The van der Waals surface area contributed by atoms with E-state index in [0.717, 1.165) is 12.8 Å². The van der Waals surface area contributed by atoms with Crippen molar-refractivity contribution in [2.24, 2.45) is 11.7 Å². The topological polar surface area (TPSA) is 71.2 Å². The summed E-state index contributed by atoms with van der Waals surface area (Å²) in [6.07, 6.45) is 3.22. The monoisotopic (exact) mass is 344 g/mol. The molecule has 1 aliphatic heterocycles. The van der Waals surface area contributed by atoms with E-state index >= 15 is 0 Å². The minimum Gasteiger partial charge on any atom is -0.355 e. The Morgan fingerprint density at radius 1 is 1.65 bits per heavy atom. The molecule has 2 rings (SSSR count). The van der Waals surface area contributed by atoms with Gasteiger partial charge in [0.2, 0.25) is 5.91 Å². The number of pyridine rings is 1. The number of carbonyl (C=O) groups excluding carboxylic acids is 1. The van der Waals surface area contributed by atoms with Gasteiger partial charge in [0.1, 0.15) is 0 Å². The van der Waals surface area contributed by atoms with Gasteiger partial charge in [-0.25, -0.2) is 9.37 Å². The molecule has 0 spiro atoms. The fraction of sp³-hybridized carbons (Fsp3) is 0.538. The summed E-state index contributed by atoms with van der Waals surface area (Å²) in [5.41, 5.74) is 5.37. The van der Waals surface area contributed by atoms with Crippen LogP contribution >= 0.6 is 15.9 Å². The molecule has 3 N–H and O–H groups in total. The van der Waals surface area contributed by atoms with E-state index < -0.39 is 0 Å². The third-order valence-corrected chi connectivity index (χ3v) is 3.76. The first-order valence-electron chi connectivity index (χ1n) is 6.65. The quantitative estimate of drug-likeness (QED) is 0.862. The van der Waals surface area contributed by atoms with Crippen LogP contribution in [0, 0.1) is 11.7 Å². The SMILES string of the molecule is NCCNC(=O)C1CCCN(c2ncc(Br)cc2F)C1. The smallest absolute Gasteiger partial charge is 0.224 e. The van der Waals surface area contributed by atoms with Crippen molar-refractivity contribution < 1.29 is 9.18 Å². The fourth-order valence-electron chi connectivity index (χ4n) is 2.36. The first-order valence-corrected chi connectivity index (χ1v) is 7.45. The number of halogens is 2. The maximum atomic E-state index is 13.9. The molecule has 1 fully saturated rings. The van der Waals surface area contributed by atoms with Crippen LogP contribution in [-0.2, 0) is 4.79 Å². The third kappa shape index (κ3) is 3.67. The third-order valence-electron chi connectivity index (χ3n) is 3.32. The van der Waals surface area contributed by atoms with Gasteiger partial charge < -0.3 is 16.0 Å². The van der Waals surface area contributed by atoms with Crippen molar-refractivity contribution in [3.8, 4) is 0 Å². The standard InChI is InChI=1S/C13H18BrFN4O/c14-10-6-11(15)12(18-7-10)19-5-1-2-9(8-19)13(20)17-4-3-16/h6-7,9H,1-5,8,16H2,(H,17,20). The summed E-state index contributed by atoms with van der Waals surface area (Å²) in [6, 6.07) is 1.39. The second kappa shape index (κ2) is 6.99. The Morgan fingerprint density at radius 2 is 2.45 bits per heavy atom. The summed E-state index contributed by atoms with van der Waals surface area (Å²) in [5, 5.41) is 2.79. The van der Waals surface area contributed by atoms with Crippen molar-refractivity contribution in [3.05, 3.63) is 22.6 Å². The van der Waals surface area contributed by atoms with Crippen LogP contribution in [0.15, 0.2) is 16.7 Å². The van der Waals surface area contributed by atoms with Crippen molar-refractivity contribution in [1.29, 1.82) is 0 Å². The Morgan fingerprint density at radius 3 is 3.15 bits per heavy atom. The van der Waals surface area contributed by atoms with E-state index in [2.05, 4.69) is 26.2 Å². The molecule has 0 radical (unpaired) electrons. The molecule has 1 atom stereocenters. The molecule has 7 heteroatoms. The van der Waals surface area contributed by atoms with Crippen molar-refractivity contribution >= 4 is 27.7 Å². The Labute approximate surface area is 125 Å². The first kappa shape index (κ1) is 15.2. The molecule has 0 bridgehead atoms. The van der Waals surface area contributed by atoms with Crippen LogP contribution in [-0.4, -0.2) is 37.1 Å². The molecule has 1 aromatic rings. The number of anilines is 1. The maximum Gasteiger partial charge on any atom is 0.224 e. The first-order chi connectivity index (χ1) is 9.61. The van der Waals surface area contributed by atoms with Gasteiger partial charge in [0, 0.05) is 36.8 Å². The van der Waals surface area contributed by atoms with Crippen molar-refractivity contribution in [2.75, 3.05) is 31.1 Å². The number of aromatic nitrogens is 1. The van der Waals surface area contributed by atoms with Crippen LogP contribution in [0.3, 0.4) is 0 Å². The van der Waals surface area contributed by atoms with Crippen molar-refractivity contribution in [1.82, 2.24) is 10.3 Å². The van der Waals surface area contributed by atoms with Crippen LogP contribution in [0.5, 0.6) is 0 Å². The number of amides is 1. The van der Waals surface area contributed by atoms with Gasteiger partial charge in [-0.3, -0.25) is 4.79 Å². The van der Waals surface area contributed by atoms with E-state index in [0.29, 0.717) is 36.5 Å². The van der Waals surface area contributed by atoms with Crippen LogP contribution in [0.4, 0.5) is 10.2 Å². The number of hydrogen-bond acceptors (Lipinski definition) is 4. The van der Waals surface area contributed by atoms with Crippen LogP contribution in [0.25, 0.3) is 0 Å². The van der Waals surface area contributed by atoms with Crippen molar-refractivity contribution in [3.63, 3.8) is 0 Å². The molecular formula is C13H18BrFN4O. The lowest BCUT2D eigenvalue weighted by molar-refractivity contribution is -0.125. The Bertz CT molecular complexity index is 485. The summed E-state index contributed by atoms with van der Waals surface area (Å²) >= 11 is 3.19. The molecule has 1 aromatic heterocycles. The van der Waals surface area contributed by atoms with Gasteiger partial charge in [-0.2, -0.15) is 0 Å². The zero-order chi connectivity index (χ0) is 14.5. The number of nitrogens with one attached hydrogen (secondary N) is 1. The molecule has 0 aromatic carbocycles. The number of nitrogens with zero attached hydrogens (tertiary/aromatic N) is 2. The highest BCUT2D eigenvalue weighted by molar-refractivity contribution is 9.10. The number of rotatable bonds is 4. The van der Waals surface area contributed by atoms with Crippen LogP contribution in [0.1, 0.15) is 12.8 Å². The molecule has 110 valence electrons. The van der Waals surface area contributed by atoms with E-state index in [4.69, 9.17) is 5.73 Å². The fourth-order valence-corrected chi connectivity index (χ4v) is 2.67. The molecule has 5 nitrogen and oxygen atoms in total. The summed E-state index contributed by atoms with van der Waals surface area (Å²) in [6.45, 7) is 2.10. The van der Waals surface area contributed by atoms with E-state index in [1.807, 2.05) is 4.90 Å². The maximum absolute atomic E-state index is 13.9.